The Labute approximate surface area is 139 Å². The minimum atomic E-state index is -0.185. The summed E-state index contributed by atoms with van der Waals surface area (Å²) in [6, 6.07) is 12.7. The summed E-state index contributed by atoms with van der Waals surface area (Å²) in [7, 11) is 0. The second kappa shape index (κ2) is 7.07. The van der Waals surface area contributed by atoms with Gasteiger partial charge in [0.15, 0.2) is 5.82 Å². The van der Waals surface area contributed by atoms with E-state index in [-0.39, 0.29) is 5.91 Å². The van der Waals surface area contributed by atoms with Crippen molar-refractivity contribution in [3.05, 3.63) is 71.6 Å². The first-order chi connectivity index (χ1) is 11.3. The van der Waals surface area contributed by atoms with E-state index in [1.54, 1.807) is 36.7 Å². The summed E-state index contributed by atoms with van der Waals surface area (Å²) in [6.45, 7) is 1.07. The van der Waals surface area contributed by atoms with Crippen LogP contribution in [0.3, 0.4) is 0 Å². The van der Waals surface area contributed by atoms with Crippen LogP contribution in [0.2, 0.25) is 5.02 Å². The van der Waals surface area contributed by atoms with E-state index in [4.69, 9.17) is 11.6 Å². The third-order valence-corrected chi connectivity index (χ3v) is 3.70. The molecular weight excluding hydrogens is 312 g/mol. The number of hydrogen-bond donors (Lipinski definition) is 1. The van der Waals surface area contributed by atoms with Crippen molar-refractivity contribution in [2.45, 2.75) is 6.54 Å². The average molecular weight is 327 g/mol. The molecule has 0 unspecified atom stereocenters. The van der Waals surface area contributed by atoms with E-state index in [0.717, 1.165) is 11.5 Å². The molecule has 116 valence electrons. The monoisotopic (exact) mass is 326 g/mol. The maximum atomic E-state index is 12.1. The molecule has 23 heavy (non-hydrogen) atoms. The van der Waals surface area contributed by atoms with Gasteiger partial charge in [-0.2, -0.15) is 0 Å². The van der Waals surface area contributed by atoms with Crippen molar-refractivity contribution in [3.63, 3.8) is 0 Å². The van der Waals surface area contributed by atoms with Crippen LogP contribution >= 0.6 is 11.6 Å². The summed E-state index contributed by atoms with van der Waals surface area (Å²) in [5.74, 6) is 0.590. The fourth-order valence-corrected chi connectivity index (χ4v) is 2.47. The van der Waals surface area contributed by atoms with Gasteiger partial charge < -0.3 is 9.88 Å². The summed E-state index contributed by atoms with van der Waals surface area (Å²) in [6.07, 6.45) is 5.32. The number of benzene rings is 1. The van der Waals surface area contributed by atoms with Crippen molar-refractivity contribution in [1.29, 1.82) is 0 Å². The molecule has 0 fully saturated rings. The largest absolute Gasteiger partial charge is 0.350 e. The van der Waals surface area contributed by atoms with Crippen LogP contribution in [0, 0.1) is 0 Å². The van der Waals surface area contributed by atoms with Crippen LogP contribution in [0.5, 0.6) is 0 Å². The summed E-state index contributed by atoms with van der Waals surface area (Å²) >= 11 is 6.02. The van der Waals surface area contributed by atoms with Gasteiger partial charge in [0.05, 0.1) is 10.6 Å². The molecule has 0 aliphatic rings. The van der Waals surface area contributed by atoms with E-state index < -0.39 is 0 Å². The van der Waals surface area contributed by atoms with Crippen LogP contribution in [0.25, 0.3) is 11.5 Å². The summed E-state index contributed by atoms with van der Waals surface area (Å²) in [5, 5.41) is 3.31. The van der Waals surface area contributed by atoms with Gasteiger partial charge in [-0.25, -0.2) is 4.98 Å². The standard InChI is InChI=1S/C17H15ClN4O/c18-14-6-2-1-5-13(14)17(23)21-10-12-22-11-9-20-16(22)15-7-3-4-8-19-15/h1-9,11H,10,12H2,(H,21,23). The number of carbonyl (C=O) groups excluding carboxylic acids is 1. The lowest BCUT2D eigenvalue weighted by Gasteiger charge is -2.09. The molecule has 0 aliphatic carbocycles. The van der Waals surface area contributed by atoms with Gasteiger partial charge in [0.2, 0.25) is 0 Å². The van der Waals surface area contributed by atoms with Crippen molar-refractivity contribution in [3.8, 4) is 11.5 Å². The van der Waals surface area contributed by atoms with Crippen LogP contribution in [-0.4, -0.2) is 27.0 Å². The van der Waals surface area contributed by atoms with Crippen molar-refractivity contribution < 1.29 is 4.79 Å². The number of nitrogens with one attached hydrogen (secondary N) is 1. The maximum Gasteiger partial charge on any atom is 0.252 e. The zero-order valence-electron chi connectivity index (χ0n) is 12.3. The fraction of sp³-hybridized carbons (Fsp3) is 0.118. The van der Waals surface area contributed by atoms with Crippen molar-refractivity contribution in [2.24, 2.45) is 0 Å². The van der Waals surface area contributed by atoms with E-state index >= 15 is 0 Å². The number of imidazole rings is 1. The molecule has 3 rings (SSSR count). The number of nitrogens with zero attached hydrogens (tertiary/aromatic N) is 3. The van der Waals surface area contributed by atoms with Gasteiger partial charge in [-0.05, 0) is 24.3 Å². The number of carbonyl (C=O) groups is 1. The van der Waals surface area contributed by atoms with Crippen LogP contribution in [0.15, 0.2) is 61.1 Å². The Bertz CT molecular complexity index is 801. The first-order valence-corrected chi connectivity index (χ1v) is 7.59. The smallest absolute Gasteiger partial charge is 0.252 e. The molecule has 0 bridgehead atoms. The van der Waals surface area contributed by atoms with Gasteiger partial charge in [-0.15, -0.1) is 0 Å². The highest BCUT2D eigenvalue weighted by atomic mass is 35.5. The molecule has 0 saturated carbocycles. The summed E-state index contributed by atoms with van der Waals surface area (Å²) in [5.41, 5.74) is 1.28. The molecule has 0 aliphatic heterocycles. The number of amides is 1. The number of hydrogen-bond acceptors (Lipinski definition) is 3. The highest BCUT2D eigenvalue weighted by Crippen LogP contribution is 2.15. The van der Waals surface area contributed by atoms with Crippen LogP contribution in [0.1, 0.15) is 10.4 Å². The molecule has 2 aromatic heterocycles. The highest BCUT2D eigenvalue weighted by molar-refractivity contribution is 6.33. The van der Waals surface area contributed by atoms with Crippen LogP contribution in [-0.2, 0) is 6.54 Å². The van der Waals surface area contributed by atoms with E-state index in [1.807, 2.05) is 29.0 Å². The third kappa shape index (κ3) is 3.57. The molecule has 6 heteroatoms. The highest BCUT2D eigenvalue weighted by Gasteiger charge is 2.10. The maximum absolute atomic E-state index is 12.1. The lowest BCUT2D eigenvalue weighted by molar-refractivity contribution is 0.0952. The first-order valence-electron chi connectivity index (χ1n) is 7.21. The lowest BCUT2D eigenvalue weighted by Crippen LogP contribution is -2.27. The number of pyridine rings is 1. The van der Waals surface area contributed by atoms with Gasteiger partial charge in [0.25, 0.3) is 5.91 Å². The fourth-order valence-electron chi connectivity index (χ4n) is 2.25. The number of aromatic nitrogens is 3. The first kappa shape index (κ1) is 15.2. The molecule has 0 spiro atoms. The van der Waals surface area contributed by atoms with Gasteiger partial charge in [-0.1, -0.05) is 29.8 Å². The molecule has 0 atom stereocenters. The Morgan fingerprint density at radius 2 is 1.91 bits per heavy atom. The van der Waals surface area contributed by atoms with Crippen molar-refractivity contribution >= 4 is 17.5 Å². The molecule has 5 nitrogen and oxygen atoms in total. The molecule has 2 heterocycles. The molecule has 1 N–H and O–H groups in total. The minimum absolute atomic E-state index is 0.185. The average Bonchev–Trinajstić information content (AvgIpc) is 3.04. The zero-order valence-corrected chi connectivity index (χ0v) is 13.1. The predicted octanol–water partition coefficient (Wildman–Crippen LogP) is 3.03. The molecule has 0 radical (unpaired) electrons. The number of halogens is 1. The second-order valence-electron chi connectivity index (χ2n) is 4.89. The van der Waals surface area contributed by atoms with Gasteiger partial charge in [0, 0.05) is 31.7 Å². The predicted molar refractivity (Wildman–Crippen MR) is 89.2 cm³/mol. The SMILES string of the molecule is O=C(NCCn1ccnc1-c1ccccn1)c1ccccc1Cl. The van der Waals surface area contributed by atoms with Crippen molar-refractivity contribution in [2.75, 3.05) is 6.54 Å². The Kier molecular flexibility index (Phi) is 4.68. The quantitative estimate of drug-likeness (QED) is 0.784. The summed E-state index contributed by atoms with van der Waals surface area (Å²) in [4.78, 5) is 20.7. The van der Waals surface area contributed by atoms with Gasteiger partial charge in [0.1, 0.15) is 5.69 Å². The zero-order chi connectivity index (χ0) is 16.1. The topological polar surface area (TPSA) is 59.8 Å². The normalized spacial score (nSPS) is 10.5. The van der Waals surface area contributed by atoms with E-state index in [2.05, 4.69) is 15.3 Å². The van der Waals surface area contributed by atoms with Crippen molar-refractivity contribution in [1.82, 2.24) is 19.9 Å². The van der Waals surface area contributed by atoms with E-state index in [1.165, 1.54) is 0 Å². The second-order valence-corrected chi connectivity index (χ2v) is 5.30. The van der Waals surface area contributed by atoms with Gasteiger partial charge >= 0.3 is 0 Å². The van der Waals surface area contributed by atoms with Crippen LogP contribution < -0.4 is 5.32 Å². The molecular formula is C17H15ClN4O. The number of rotatable bonds is 5. The minimum Gasteiger partial charge on any atom is -0.350 e. The van der Waals surface area contributed by atoms with E-state index in [0.29, 0.717) is 23.7 Å². The van der Waals surface area contributed by atoms with E-state index in [9.17, 15) is 4.79 Å². The Morgan fingerprint density at radius 3 is 2.70 bits per heavy atom. The van der Waals surface area contributed by atoms with Gasteiger partial charge in [-0.3, -0.25) is 9.78 Å². The Morgan fingerprint density at radius 1 is 1.09 bits per heavy atom. The molecule has 3 aromatic rings. The molecule has 1 amide bonds. The molecule has 0 saturated heterocycles. The Hall–Kier alpha value is -2.66. The lowest BCUT2D eigenvalue weighted by atomic mass is 10.2. The molecule has 1 aromatic carbocycles. The van der Waals surface area contributed by atoms with Crippen LogP contribution in [0.4, 0.5) is 0 Å². The summed E-state index contributed by atoms with van der Waals surface area (Å²) < 4.78 is 1.95. The Balaban J connectivity index is 1.63. The third-order valence-electron chi connectivity index (χ3n) is 3.37.